The van der Waals surface area contributed by atoms with E-state index in [9.17, 15) is 4.79 Å². The lowest BCUT2D eigenvalue weighted by molar-refractivity contribution is -0.131. The summed E-state index contributed by atoms with van der Waals surface area (Å²) in [6, 6.07) is 8.72. The van der Waals surface area contributed by atoms with Gasteiger partial charge in [0.25, 0.3) is 0 Å². The van der Waals surface area contributed by atoms with Gasteiger partial charge in [-0.05, 0) is 36.8 Å². The molecule has 1 amide bonds. The summed E-state index contributed by atoms with van der Waals surface area (Å²) in [5.41, 5.74) is 8.34. The van der Waals surface area contributed by atoms with E-state index in [1.807, 2.05) is 0 Å². The van der Waals surface area contributed by atoms with Crippen LogP contribution >= 0.6 is 0 Å². The van der Waals surface area contributed by atoms with Gasteiger partial charge in [0.15, 0.2) is 0 Å². The minimum absolute atomic E-state index is 0.185. The average Bonchev–Trinajstić information content (AvgIpc) is 3.05. The first kappa shape index (κ1) is 12.7. The fraction of sp³-hybridized carbons (Fsp3) is 0.562. The lowest BCUT2D eigenvalue weighted by atomic mass is 9.85. The molecule has 3 nitrogen and oxygen atoms in total. The molecule has 3 rings (SSSR count). The van der Waals surface area contributed by atoms with Crippen molar-refractivity contribution in [3.63, 3.8) is 0 Å². The molecule has 0 bridgehead atoms. The van der Waals surface area contributed by atoms with Crippen LogP contribution < -0.4 is 11.1 Å². The minimum atomic E-state index is -0.283. The summed E-state index contributed by atoms with van der Waals surface area (Å²) in [5, 5.41) is 3.24. The molecule has 0 heterocycles. The van der Waals surface area contributed by atoms with Crippen molar-refractivity contribution in [2.24, 2.45) is 11.1 Å². The van der Waals surface area contributed by atoms with Gasteiger partial charge in [0.2, 0.25) is 5.91 Å². The number of hydrogen-bond acceptors (Lipinski definition) is 2. The zero-order valence-electron chi connectivity index (χ0n) is 11.3. The van der Waals surface area contributed by atoms with Crippen LogP contribution in [0.1, 0.15) is 36.8 Å². The molecule has 1 aromatic rings. The largest absolute Gasteiger partial charge is 0.352 e. The van der Waals surface area contributed by atoms with Crippen molar-refractivity contribution in [3.8, 4) is 0 Å². The number of amides is 1. The van der Waals surface area contributed by atoms with Gasteiger partial charge in [-0.25, -0.2) is 0 Å². The number of carbonyl (C=O) groups excluding carboxylic acids is 1. The first-order valence-electron chi connectivity index (χ1n) is 7.31. The molecule has 0 radical (unpaired) electrons. The third-order valence-electron chi connectivity index (χ3n) is 4.82. The summed E-state index contributed by atoms with van der Waals surface area (Å²) < 4.78 is 0. The molecule has 1 aromatic carbocycles. The van der Waals surface area contributed by atoms with Crippen LogP contribution in [0.3, 0.4) is 0 Å². The average molecular weight is 258 g/mol. The van der Waals surface area contributed by atoms with E-state index in [0.29, 0.717) is 6.54 Å². The summed E-state index contributed by atoms with van der Waals surface area (Å²) in [6.07, 6.45) is 6.10. The smallest absolute Gasteiger partial charge is 0.227 e. The highest BCUT2D eigenvalue weighted by Crippen LogP contribution is 2.37. The third-order valence-corrected chi connectivity index (χ3v) is 4.82. The number of rotatable bonds is 3. The molecule has 102 valence electrons. The fourth-order valence-electron chi connectivity index (χ4n) is 3.58. The highest BCUT2D eigenvalue weighted by atomic mass is 16.2. The molecule has 2 aliphatic rings. The van der Waals surface area contributed by atoms with Crippen LogP contribution in [0, 0.1) is 5.41 Å². The van der Waals surface area contributed by atoms with Crippen molar-refractivity contribution in [2.75, 3.05) is 6.54 Å². The maximum atomic E-state index is 12.5. The fourth-order valence-corrected chi connectivity index (χ4v) is 3.58. The monoisotopic (exact) mass is 258 g/mol. The Labute approximate surface area is 114 Å². The Morgan fingerprint density at radius 2 is 1.79 bits per heavy atom. The molecule has 0 aliphatic heterocycles. The van der Waals surface area contributed by atoms with Crippen molar-refractivity contribution in [2.45, 2.75) is 44.6 Å². The van der Waals surface area contributed by atoms with Crippen molar-refractivity contribution >= 4 is 5.91 Å². The standard InChI is InChI=1S/C16H22N2O/c17-11-16(7-3-4-8-16)15(19)18-14-9-12-5-1-2-6-13(12)10-14/h1-2,5-6,14H,3-4,7-11,17H2,(H,18,19). The molecule has 0 atom stereocenters. The molecule has 0 aromatic heterocycles. The number of nitrogens with two attached hydrogens (primary N) is 1. The van der Waals surface area contributed by atoms with E-state index in [1.54, 1.807) is 0 Å². The third kappa shape index (κ3) is 2.27. The molecule has 3 N–H and O–H groups in total. The van der Waals surface area contributed by atoms with Gasteiger partial charge in [-0.2, -0.15) is 0 Å². The van der Waals surface area contributed by atoms with Gasteiger partial charge in [0.05, 0.1) is 5.41 Å². The van der Waals surface area contributed by atoms with Crippen molar-refractivity contribution in [1.29, 1.82) is 0 Å². The van der Waals surface area contributed by atoms with Crippen LogP contribution in [0.4, 0.5) is 0 Å². The van der Waals surface area contributed by atoms with E-state index < -0.39 is 0 Å². The van der Waals surface area contributed by atoms with Crippen molar-refractivity contribution in [3.05, 3.63) is 35.4 Å². The van der Waals surface area contributed by atoms with E-state index in [4.69, 9.17) is 5.73 Å². The SMILES string of the molecule is NCC1(C(=O)NC2Cc3ccccc3C2)CCCC1. The van der Waals surface area contributed by atoms with Crippen LogP contribution in [0.5, 0.6) is 0 Å². The van der Waals surface area contributed by atoms with Crippen molar-refractivity contribution < 1.29 is 4.79 Å². The Kier molecular flexibility index (Phi) is 3.31. The lowest BCUT2D eigenvalue weighted by Gasteiger charge is -2.27. The summed E-state index contributed by atoms with van der Waals surface area (Å²) in [5.74, 6) is 0.185. The van der Waals surface area contributed by atoms with Gasteiger partial charge in [-0.3, -0.25) is 4.79 Å². The molecular formula is C16H22N2O. The van der Waals surface area contributed by atoms with Crippen LogP contribution in [0.25, 0.3) is 0 Å². The Morgan fingerprint density at radius 3 is 2.32 bits per heavy atom. The maximum absolute atomic E-state index is 12.5. The van der Waals surface area contributed by atoms with E-state index in [2.05, 4.69) is 29.6 Å². The number of hydrogen-bond donors (Lipinski definition) is 2. The molecule has 0 spiro atoms. The van der Waals surface area contributed by atoms with E-state index in [-0.39, 0.29) is 17.4 Å². The van der Waals surface area contributed by atoms with Gasteiger partial charge in [0.1, 0.15) is 0 Å². The molecule has 1 saturated carbocycles. The summed E-state index contributed by atoms with van der Waals surface area (Å²) in [6.45, 7) is 0.485. The van der Waals surface area contributed by atoms with Gasteiger partial charge >= 0.3 is 0 Å². The van der Waals surface area contributed by atoms with Crippen LogP contribution in [-0.4, -0.2) is 18.5 Å². The van der Waals surface area contributed by atoms with Crippen LogP contribution in [-0.2, 0) is 17.6 Å². The molecule has 0 saturated heterocycles. The Hall–Kier alpha value is -1.35. The molecule has 0 unspecified atom stereocenters. The van der Waals surface area contributed by atoms with Gasteiger partial charge in [-0.1, -0.05) is 37.1 Å². The first-order chi connectivity index (χ1) is 9.23. The molecule has 19 heavy (non-hydrogen) atoms. The quantitative estimate of drug-likeness (QED) is 0.868. The number of carbonyl (C=O) groups is 1. The second-order valence-corrected chi connectivity index (χ2v) is 6.04. The highest BCUT2D eigenvalue weighted by molar-refractivity contribution is 5.83. The Balaban J connectivity index is 1.66. The summed E-state index contributed by atoms with van der Waals surface area (Å²) in [4.78, 5) is 12.5. The molecule has 3 heteroatoms. The second-order valence-electron chi connectivity index (χ2n) is 6.04. The predicted molar refractivity (Wildman–Crippen MR) is 75.7 cm³/mol. The Morgan fingerprint density at radius 1 is 1.21 bits per heavy atom. The lowest BCUT2D eigenvalue weighted by Crippen LogP contribution is -2.48. The topological polar surface area (TPSA) is 55.1 Å². The van der Waals surface area contributed by atoms with Crippen molar-refractivity contribution in [1.82, 2.24) is 5.32 Å². The molecule has 2 aliphatic carbocycles. The van der Waals surface area contributed by atoms with E-state index >= 15 is 0 Å². The zero-order chi connectivity index (χ0) is 13.3. The summed E-state index contributed by atoms with van der Waals surface area (Å²) in [7, 11) is 0. The summed E-state index contributed by atoms with van der Waals surface area (Å²) >= 11 is 0. The van der Waals surface area contributed by atoms with Gasteiger partial charge in [-0.15, -0.1) is 0 Å². The molecular weight excluding hydrogens is 236 g/mol. The Bertz CT molecular complexity index is 452. The minimum Gasteiger partial charge on any atom is -0.352 e. The second kappa shape index (κ2) is 4.97. The number of benzene rings is 1. The number of nitrogens with one attached hydrogen (secondary N) is 1. The molecule has 1 fully saturated rings. The predicted octanol–water partition coefficient (Wildman–Crippen LogP) is 1.79. The number of fused-ring (bicyclic) bond motifs is 1. The maximum Gasteiger partial charge on any atom is 0.227 e. The first-order valence-corrected chi connectivity index (χ1v) is 7.31. The van der Waals surface area contributed by atoms with Crippen LogP contribution in [0.15, 0.2) is 24.3 Å². The normalized spacial score (nSPS) is 21.3. The zero-order valence-corrected chi connectivity index (χ0v) is 11.3. The van der Waals surface area contributed by atoms with Gasteiger partial charge in [0, 0.05) is 12.6 Å². The van der Waals surface area contributed by atoms with Gasteiger partial charge < -0.3 is 11.1 Å². The van der Waals surface area contributed by atoms with E-state index in [1.165, 1.54) is 11.1 Å². The van der Waals surface area contributed by atoms with Crippen LogP contribution in [0.2, 0.25) is 0 Å². The van der Waals surface area contributed by atoms with E-state index in [0.717, 1.165) is 38.5 Å². The highest BCUT2D eigenvalue weighted by Gasteiger charge is 2.40.